The minimum absolute atomic E-state index is 0.192. The fourth-order valence-electron chi connectivity index (χ4n) is 4.06. The molecule has 1 aliphatic heterocycles. The van der Waals surface area contributed by atoms with Crippen molar-refractivity contribution in [3.8, 4) is 0 Å². The number of carbonyl (C=O) groups is 1. The predicted molar refractivity (Wildman–Crippen MR) is 119 cm³/mol. The summed E-state index contributed by atoms with van der Waals surface area (Å²) >= 11 is 0. The van der Waals surface area contributed by atoms with Crippen LogP contribution in [0.4, 0.5) is 10.3 Å². The third-order valence-electron chi connectivity index (χ3n) is 5.53. The molecule has 0 spiro atoms. The van der Waals surface area contributed by atoms with E-state index in [1.54, 1.807) is 12.1 Å². The lowest BCUT2D eigenvalue weighted by Crippen LogP contribution is -2.51. The van der Waals surface area contributed by atoms with Crippen molar-refractivity contribution in [2.75, 3.05) is 11.4 Å². The van der Waals surface area contributed by atoms with Crippen molar-refractivity contribution >= 4 is 23.0 Å². The maximum Gasteiger partial charge on any atom is 0.309 e. The second kappa shape index (κ2) is 8.30. The minimum Gasteiger partial charge on any atom is -0.460 e. The van der Waals surface area contributed by atoms with E-state index in [4.69, 9.17) is 15.5 Å². The highest BCUT2D eigenvalue weighted by Crippen LogP contribution is 2.30. The van der Waals surface area contributed by atoms with Crippen LogP contribution in [0.2, 0.25) is 0 Å². The molecule has 1 aromatic heterocycles. The number of rotatable bonds is 4. The first-order valence-electron chi connectivity index (χ1n) is 10.7. The number of halogens is 1. The third-order valence-corrected chi connectivity index (χ3v) is 5.53. The van der Waals surface area contributed by atoms with Crippen LogP contribution in [0.1, 0.15) is 39.2 Å². The molecule has 2 N–H and O–H groups in total. The monoisotopic (exact) mass is 424 g/mol. The highest BCUT2D eigenvalue weighted by Gasteiger charge is 2.35. The van der Waals surface area contributed by atoms with Gasteiger partial charge in [-0.3, -0.25) is 4.79 Å². The number of nitrogens with zero attached hydrogens (tertiary/aromatic N) is 3. The van der Waals surface area contributed by atoms with E-state index in [1.807, 2.05) is 45.0 Å². The van der Waals surface area contributed by atoms with Crippen LogP contribution in [0.3, 0.4) is 0 Å². The summed E-state index contributed by atoms with van der Waals surface area (Å²) in [4.78, 5) is 19.4. The lowest BCUT2D eigenvalue weighted by atomic mass is 9.94. The number of fused-ring (bicyclic) bond motifs is 1. The van der Waals surface area contributed by atoms with Crippen LogP contribution in [0.5, 0.6) is 0 Å². The van der Waals surface area contributed by atoms with Gasteiger partial charge in [0.2, 0.25) is 5.95 Å². The largest absolute Gasteiger partial charge is 0.460 e. The van der Waals surface area contributed by atoms with Gasteiger partial charge in [0.15, 0.2) is 0 Å². The molecule has 2 atom stereocenters. The molecular weight excluding hydrogens is 395 g/mol. The molecule has 1 aliphatic rings. The molecule has 4 rings (SSSR count). The van der Waals surface area contributed by atoms with Crippen molar-refractivity contribution in [2.45, 2.75) is 51.9 Å². The number of imidazole rings is 1. The molecule has 0 aliphatic carbocycles. The molecule has 6 nitrogen and oxygen atoms in total. The van der Waals surface area contributed by atoms with Gasteiger partial charge in [-0.05, 0) is 63.4 Å². The molecule has 2 aromatic carbocycles. The molecule has 164 valence electrons. The molecule has 1 saturated heterocycles. The van der Waals surface area contributed by atoms with E-state index in [-0.39, 0.29) is 23.9 Å². The Morgan fingerprint density at radius 3 is 2.58 bits per heavy atom. The standard InChI is InChI=1S/C24H29FN4O2/c1-24(2,3)31-22(30)17-12-13-28(21(26)14-17)23-27-19-6-4-5-7-20(19)29(23)15-16-8-10-18(25)11-9-16/h4-11,17,21H,12-15,26H2,1-3H3/t17-,21-/m1/s1. The molecule has 0 radical (unpaired) electrons. The SMILES string of the molecule is CC(C)(C)OC(=O)[C@@H]1CCN(c2nc3ccccc3n2Cc2ccc(F)cc2)[C@@H](N)C1. The van der Waals surface area contributed by atoms with E-state index in [2.05, 4.69) is 9.47 Å². The quantitative estimate of drug-likeness (QED) is 0.639. The fourth-order valence-corrected chi connectivity index (χ4v) is 4.06. The van der Waals surface area contributed by atoms with E-state index in [0.29, 0.717) is 25.9 Å². The van der Waals surface area contributed by atoms with E-state index in [1.165, 1.54) is 12.1 Å². The molecule has 0 unspecified atom stereocenters. The van der Waals surface area contributed by atoms with Crippen LogP contribution in [0, 0.1) is 11.7 Å². The summed E-state index contributed by atoms with van der Waals surface area (Å²) in [6.45, 7) is 6.78. The fraction of sp³-hybridized carbons (Fsp3) is 0.417. The van der Waals surface area contributed by atoms with Gasteiger partial charge in [-0.25, -0.2) is 9.37 Å². The summed E-state index contributed by atoms with van der Waals surface area (Å²) < 4.78 is 21.0. The lowest BCUT2D eigenvalue weighted by molar-refractivity contribution is -0.161. The van der Waals surface area contributed by atoms with Crippen LogP contribution in [0.15, 0.2) is 48.5 Å². The van der Waals surface area contributed by atoms with Crippen LogP contribution in [-0.2, 0) is 16.1 Å². The van der Waals surface area contributed by atoms with Crippen molar-refractivity contribution < 1.29 is 13.9 Å². The lowest BCUT2D eigenvalue weighted by Gasteiger charge is -2.38. The number of carbonyl (C=O) groups excluding carboxylic acids is 1. The van der Waals surface area contributed by atoms with Gasteiger partial charge >= 0.3 is 5.97 Å². The number of hydrogen-bond donors (Lipinski definition) is 1. The normalized spacial score (nSPS) is 19.6. The second-order valence-corrected chi connectivity index (χ2v) is 9.13. The van der Waals surface area contributed by atoms with Crippen molar-refractivity contribution in [3.63, 3.8) is 0 Å². The van der Waals surface area contributed by atoms with Gasteiger partial charge in [-0.2, -0.15) is 0 Å². The van der Waals surface area contributed by atoms with Gasteiger partial charge in [0.1, 0.15) is 11.4 Å². The number of ether oxygens (including phenoxy) is 1. The number of piperidine rings is 1. The number of benzene rings is 2. The topological polar surface area (TPSA) is 73.4 Å². The maximum absolute atomic E-state index is 13.4. The number of nitrogens with two attached hydrogens (primary N) is 1. The first kappa shape index (κ1) is 21.3. The average Bonchev–Trinajstić information content (AvgIpc) is 3.06. The zero-order valence-corrected chi connectivity index (χ0v) is 18.2. The van der Waals surface area contributed by atoms with Gasteiger partial charge in [-0.15, -0.1) is 0 Å². The highest BCUT2D eigenvalue weighted by atomic mass is 19.1. The van der Waals surface area contributed by atoms with Crippen LogP contribution < -0.4 is 10.6 Å². The van der Waals surface area contributed by atoms with Gasteiger partial charge in [0.25, 0.3) is 0 Å². The van der Waals surface area contributed by atoms with Crippen LogP contribution >= 0.6 is 0 Å². The highest BCUT2D eigenvalue weighted by molar-refractivity contribution is 5.79. The second-order valence-electron chi connectivity index (χ2n) is 9.13. The van der Waals surface area contributed by atoms with Crippen molar-refractivity contribution in [3.05, 3.63) is 59.9 Å². The van der Waals surface area contributed by atoms with E-state index in [9.17, 15) is 9.18 Å². The molecule has 0 saturated carbocycles. The summed E-state index contributed by atoms with van der Waals surface area (Å²) in [5, 5.41) is 0. The van der Waals surface area contributed by atoms with Gasteiger partial charge in [0.05, 0.1) is 29.7 Å². The molecule has 3 aromatic rings. The third kappa shape index (κ3) is 4.71. The van der Waals surface area contributed by atoms with Crippen molar-refractivity contribution in [2.24, 2.45) is 11.7 Å². The maximum atomic E-state index is 13.4. The Morgan fingerprint density at radius 1 is 1.19 bits per heavy atom. The Balaban J connectivity index is 1.61. The summed E-state index contributed by atoms with van der Waals surface area (Å²) in [6.07, 6.45) is 0.812. The van der Waals surface area contributed by atoms with Gasteiger partial charge < -0.3 is 19.9 Å². The number of esters is 1. The molecule has 7 heteroatoms. The van der Waals surface area contributed by atoms with Gasteiger partial charge in [-0.1, -0.05) is 24.3 Å². The Hall–Kier alpha value is -2.93. The minimum atomic E-state index is -0.512. The summed E-state index contributed by atoms with van der Waals surface area (Å²) in [5.41, 5.74) is 8.85. The van der Waals surface area contributed by atoms with E-state index < -0.39 is 5.60 Å². The Labute approximate surface area is 181 Å². The summed E-state index contributed by atoms with van der Waals surface area (Å²) in [7, 11) is 0. The number of anilines is 1. The predicted octanol–water partition coefficient (Wildman–Crippen LogP) is 4.07. The zero-order valence-electron chi connectivity index (χ0n) is 18.2. The van der Waals surface area contributed by atoms with Gasteiger partial charge in [0, 0.05) is 6.54 Å². The zero-order chi connectivity index (χ0) is 22.2. The Morgan fingerprint density at radius 2 is 1.90 bits per heavy atom. The smallest absolute Gasteiger partial charge is 0.309 e. The molecule has 0 amide bonds. The summed E-state index contributed by atoms with van der Waals surface area (Å²) in [5.74, 6) is 0.0918. The van der Waals surface area contributed by atoms with E-state index >= 15 is 0 Å². The molecule has 2 heterocycles. The molecular formula is C24H29FN4O2. The van der Waals surface area contributed by atoms with Crippen LogP contribution in [-0.4, -0.2) is 33.8 Å². The van der Waals surface area contributed by atoms with Crippen molar-refractivity contribution in [1.29, 1.82) is 0 Å². The van der Waals surface area contributed by atoms with Crippen molar-refractivity contribution in [1.82, 2.24) is 9.55 Å². The summed E-state index contributed by atoms with van der Waals surface area (Å²) in [6, 6.07) is 14.4. The Kier molecular flexibility index (Phi) is 5.71. The molecule has 1 fully saturated rings. The number of hydrogen-bond acceptors (Lipinski definition) is 5. The first-order chi connectivity index (χ1) is 14.7. The molecule has 0 bridgehead atoms. The molecule has 31 heavy (non-hydrogen) atoms. The Bertz CT molecular complexity index is 1070. The van der Waals surface area contributed by atoms with E-state index in [0.717, 1.165) is 22.5 Å². The average molecular weight is 425 g/mol. The number of para-hydroxylation sites is 2. The van der Waals surface area contributed by atoms with Crippen LogP contribution in [0.25, 0.3) is 11.0 Å². The number of aromatic nitrogens is 2. The first-order valence-corrected chi connectivity index (χ1v) is 10.7.